The molecule has 0 radical (unpaired) electrons. The molecule has 22 heavy (non-hydrogen) atoms. The van der Waals surface area contributed by atoms with E-state index in [1.54, 1.807) is 0 Å². The lowest BCUT2D eigenvalue weighted by Gasteiger charge is -2.41. The van der Waals surface area contributed by atoms with E-state index in [0.29, 0.717) is 16.6 Å². The molecule has 0 amide bonds. The van der Waals surface area contributed by atoms with E-state index in [-0.39, 0.29) is 0 Å². The summed E-state index contributed by atoms with van der Waals surface area (Å²) in [6, 6.07) is 8.32. The Bertz CT molecular complexity index is 559. The molecule has 1 aromatic rings. The molecule has 0 saturated carbocycles. The maximum absolute atomic E-state index is 6.25. The van der Waals surface area contributed by atoms with Gasteiger partial charge in [-0.3, -0.25) is 0 Å². The van der Waals surface area contributed by atoms with Crippen LogP contribution in [0.4, 0.5) is 0 Å². The maximum Gasteiger partial charge on any atom is 0.130 e. The number of hydrogen-bond donors (Lipinski definition) is 0. The van der Waals surface area contributed by atoms with Crippen molar-refractivity contribution >= 4 is 8.07 Å². The van der Waals surface area contributed by atoms with E-state index < -0.39 is 8.07 Å². The third kappa shape index (κ3) is 2.94. The van der Waals surface area contributed by atoms with Gasteiger partial charge in [-0.1, -0.05) is 72.0 Å². The molecular formula is C20H30OSi. The van der Waals surface area contributed by atoms with Gasteiger partial charge in [0.15, 0.2) is 0 Å². The fraction of sp³-hybridized carbons (Fsp3) is 0.500. The monoisotopic (exact) mass is 314 g/mol. The Morgan fingerprint density at radius 2 is 1.55 bits per heavy atom. The van der Waals surface area contributed by atoms with Gasteiger partial charge in [-0.05, 0) is 33.8 Å². The Kier molecular flexibility index (Phi) is 5.01. The van der Waals surface area contributed by atoms with Crippen LogP contribution < -0.4 is 4.74 Å². The van der Waals surface area contributed by atoms with Gasteiger partial charge in [0.2, 0.25) is 0 Å². The Balaban J connectivity index is 2.48. The maximum atomic E-state index is 6.25. The van der Waals surface area contributed by atoms with Crippen molar-refractivity contribution in [1.29, 1.82) is 0 Å². The first-order valence-electron chi connectivity index (χ1n) is 8.45. The summed E-state index contributed by atoms with van der Waals surface area (Å²) in [4.78, 5) is 0. The summed E-state index contributed by atoms with van der Waals surface area (Å²) >= 11 is 0. The molecule has 1 heterocycles. The summed E-state index contributed by atoms with van der Waals surface area (Å²) in [5.74, 6) is 2.03. The van der Waals surface area contributed by atoms with Gasteiger partial charge in [0.25, 0.3) is 0 Å². The highest BCUT2D eigenvalue weighted by molar-refractivity contribution is 6.88. The van der Waals surface area contributed by atoms with Gasteiger partial charge in [-0.2, -0.15) is 0 Å². The van der Waals surface area contributed by atoms with Gasteiger partial charge in [-0.15, -0.1) is 0 Å². The van der Waals surface area contributed by atoms with Crippen molar-refractivity contribution in [3.05, 3.63) is 53.4 Å². The molecule has 1 aliphatic rings. The molecule has 1 nitrogen and oxygen atoms in total. The lowest BCUT2D eigenvalue weighted by molar-refractivity contribution is 0.416. The summed E-state index contributed by atoms with van der Waals surface area (Å²) in [6.07, 6.45) is 0.904. The number of benzene rings is 1. The van der Waals surface area contributed by atoms with Crippen molar-refractivity contribution in [2.75, 3.05) is 0 Å². The largest absolute Gasteiger partial charge is 0.458 e. The summed E-state index contributed by atoms with van der Waals surface area (Å²) < 4.78 is 6.25. The van der Waals surface area contributed by atoms with Crippen LogP contribution in [0.3, 0.4) is 0 Å². The molecule has 0 atom stereocenters. The van der Waals surface area contributed by atoms with Gasteiger partial charge in [0, 0.05) is 6.42 Å². The van der Waals surface area contributed by atoms with Gasteiger partial charge >= 0.3 is 0 Å². The fourth-order valence-corrected chi connectivity index (χ4v) is 9.83. The van der Waals surface area contributed by atoms with Crippen LogP contribution in [0.2, 0.25) is 16.6 Å². The van der Waals surface area contributed by atoms with Gasteiger partial charge < -0.3 is 4.74 Å². The number of fused-ring (bicyclic) bond motifs is 1. The van der Waals surface area contributed by atoms with Crippen molar-refractivity contribution in [2.45, 2.75) is 64.6 Å². The molecule has 0 aliphatic carbocycles. The summed E-state index contributed by atoms with van der Waals surface area (Å²) in [6.45, 7) is 18.6. The lowest BCUT2D eigenvalue weighted by atomic mass is 10.0. The second-order valence-corrected chi connectivity index (χ2v) is 13.2. The predicted octanol–water partition coefficient (Wildman–Crippen LogP) is 6.28. The summed E-state index contributed by atoms with van der Waals surface area (Å²) in [5, 5.41) is 0. The molecule has 0 fully saturated rings. The van der Waals surface area contributed by atoms with Crippen LogP contribution in [0, 0.1) is 0 Å². The van der Waals surface area contributed by atoms with Crippen LogP contribution in [-0.4, -0.2) is 8.07 Å². The summed E-state index contributed by atoms with van der Waals surface area (Å²) in [5.41, 5.74) is 6.94. The molecule has 0 N–H and O–H groups in total. The van der Waals surface area contributed by atoms with Gasteiger partial charge in [0.1, 0.15) is 11.5 Å². The Morgan fingerprint density at radius 3 is 2.09 bits per heavy atom. The highest BCUT2D eigenvalue weighted by atomic mass is 28.3. The van der Waals surface area contributed by atoms with E-state index >= 15 is 0 Å². The van der Waals surface area contributed by atoms with E-state index in [0.717, 1.165) is 23.5 Å². The Labute approximate surface area is 137 Å². The zero-order valence-electron chi connectivity index (χ0n) is 14.9. The molecule has 2 rings (SSSR count). The average molecular weight is 315 g/mol. The number of hydrogen-bond acceptors (Lipinski definition) is 1. The molecule has 1 aromatic carbocycles. The zero-order valence-corrected chi connectivity index (χ0v) is 15.9. The predicted molar refractivity (Wildman–Crippen MR) is 99.0 cm³/mol. The van der Waals surface area contributed by atoms with Crippen molar-refractivity contribution in [3.8, 4) is 5.75 Å². The molecule has 0 saturated heterocycles. The number of para-hydroxylation sites is 1. The minimum Gasteiger partial charge on any atom is -0.458 e. The van der Waals surface area contributed by atoms with Crippen LogP contribution in [0.15, 0.2) is 47.9 Å². The topological polar surface area (TPSA) is 9.23 Å². The second kappa shape index (κ2) is 6.45. The van der Waals surface area contributed by atoms with E-state index in [9.17, 15) is 0 Å². The molecule has 2 heteroatoms. The molecule has 0 bridgehead atoms. The Hall–Kier alpha value is -1.28. The van der Waals surface area contributed by atoms with Crippen molar-refractivity contribution in [1.82, 2.24) is 0 Å². The van der Waals surface area contributed by atoms with Crippen LogP contribution in [-0.2, 0) is 6.42 Å². The third-order valence-electron chi connectivity index (χ3n) is 5.33. The average Bonchev–Trinajstić information content (AvgIpc) is 2.43. The SMILES string of the molecule is C=C1Cc2ccccc2O/C1=C\[Si](C(C)C)(C(C)C)C(C)C. The highest BCUT2D eigenvalue weighted by Gasteiger charge is 2.42. The second-order valence-electron chi connectivity index (χ2n) is 7.46. The molecular weight excluding hydrogens is 284 g/mol. The molecule has 1 aliphatic heterocycles. The minimum atomic E-state index is -1.63. The highest BCUT2D eigenvalue weighted by Crippen LogP contribution is 2.44. The van der Waals surface area contributed by atoms with E-state index in [4.69, 9.17) is 4.74 Å². The van der Waals surface area contributed by atoms with Gasteiger partial charge in [0.05, 0.1) is 8.07 Å². The lowest BCUT2D eigenvalue weighted by Crippen LogP contribution is -2.43. The van der Waals surface area contributed by atoms with E-state index in [1.807, 2.05) is 6.07 Å². The molecule has 0 aromatic heterocycles. The van der Waals surface area contributed by atoms with Crippen molar-refractivity contribution < 1.29 is 4.74 Å². The summed E-state index contributed by atoms with van der Waals surface area (Å²) in [7, 11) is -1.63. The van der Waals surface area contributed by atoms with Crippen molar-refractivity contribution in [3.63, 3.8) is 0 Å². The van der Waals surface area contributed by atoms with E-state index in [2.05, 4.69) is 72.0 Å². The molecule has 120 valence electrons. The minimum absolute atomic E-state index is 0.688. The van der Waals surface area contributed by atoms with Crippen LogP contribution in [0.1, 0.15) is 47.1 Å². The first-order valence-corrected chi connectivity index (χ1v) is 10.8. The molecule has 0 spiro atoms. The van der Waals surface area contributed by atoms with Crippen LogP contribution >= 0.6 is 0 Å². The number of allylic oxidation sites excluding steroid dienone is 1. The first kappa shape index (κ1) is 17.1. The standard InChI is InChI=1S/C20H30OSi/c1-14(2)22(15(3)4,16(5)6)13-20-17(7)12-18-10-8-9-11-19(18)21-20/h8-11,13-16H,7,12H2,1-6H3/b20-13-. The number of ether oxygens (including phenoxy) is 1. The van der Waals surface area contributed by atoms with Crippen LogP contribution in [0.5, 0.6) is 5.75 Å². The van der Waals surface area contributed by atoms with Crippen LogP contribution in [0.25, 0.3) is 0 Å². The first-order chi connectivity index (χ1) is 10.3. The normalized spacial score (nSPS) is 17.3. The van der Waals surface area contributed by atoms with Gasteiger partial charge in [-0.25, -0.2) is 0 Å². The zero-order chi connectivity index (χ0) is 16.5. The number of rotatable bonds is 4. The fourth-order valence-electron chi connectivity index (χ4n) is 4.12. The van der Waals surface area contributed by atoms with E-state index in [1.165, 1.54) is 5.56 Å². The quantitative estimate of drug-likeness (QED) is 0.594. The third-order valence-corrected chi connectivity index (χ3v) is 12.1. The Morgan fingerprint density at radius 1 is 1.00 bits per heavy atom. The van der Waals surface area contributed by atoms with Crippen molar-refractivity contribution in [2.24, 2.45) is 0 Å². The molecule has 0 unspecified atom stereocenters. The smallest absolute Gasteiger partial charge is 0.130 e.